The van der Waals surface area contributed by atoms with Crippen LogP contribution in [0.4, 0.5) is 11.4 Å². The summed E-state index contributed by atoms with van der Waals surface area (Å²) >= 11 is 5.87. The molecule has 0 aliphatic rings. The second kappa shape index (κ2) is 5.63. The quantitative estimate of drug-likeness (QED) is 0.877. The van der Waals surface area contributed by atoms with Gasteiger partial charge in [-0.25, -0.2) is 8.42 Å². The van der Waals surface area contributed by atoms with Gasteiger partial charge < -0.3 is 5.32 Å². The lowest BCUT2D eigenvalue weighted by atomic mass is 10.2. The summed E-state index contributed by atoms with van der Waals surface area (Å²) in [6.07, 6.45) is 1.20. The molecule has 0 spiro atoms. The Balaban J connectivity index is 2.45. The first-order chi connectivity index (χ1) is 9.02. The molecule has 0 unspecified atom stereocenters. The first-order valence-corrected chi connectivity index (χ1v) is 8.15. The third-order valence-corrected chi connectivity index (χ3v) is 4.16. The molecular weight excluding hydrogens is 282 g/mol. The van der Waals surface area contributed by atoms with Crippen LogP contribution in [0.25, 0.3) is 0 Å². The van der Waals surface area contributed by atoms with E-state index in [2.05, 4.69) is 5.32 Å². The van der Waals surface area contributed by atoms with Crippen molar-refractivity contribution in [2.75, 3.05) is 11.6 Å². The zero-order valence-electron chi connectivity index (χ0n) is 10.4. The molecule has 0 atom stereocenters. The topological polar surface area (TPSA) is 46.2 Å². The monoisotopic (exact) mass is 295 g/mol. The van der Waals surface area contributed by atoms with Gasteiger partial charge in [0.05, 0.1) is 10.6 Å². The molecule has 0 amide bonds. The van der Waals surface area contributed by atoms with Gasteiger partial charge in [0.25, 0.3) is 0 Å². The fourth-order valence-corrected chi connectivity index (χ4v) is 2.87. The number of sulfone groups is 1. The van der Waals surface area contributed by atoms with Crippen LogP contribution in [0.5, 0.6) is 0 Å². The van der Waals surface area contributed by atoms with Gasteiger partial charge in [0.15, 0.2) is 9.84 Å². The number of hydrogen-bond donors (Lipinski definition) is 1. The SMILES string of the molecule is CS(=O)(=O)c1ccccc1Nc1ccccc1CCl. The summed E-state index contributed by atoms with van der Waals surface area (Å²) in [6, 6.07) is 14.4. The number of halogens is 1. The summed E-state index contributed by atoms with van der Waals surface area (Å²) < 4.78 is 23.5. The third-order valence-electron chi connectivity index (χ3n) is 2.72. The fraction of sp³-hybridized carbons (Fsp3) is 0.143. The van der Waals surface area contributed by atoms with E-state index >= 15 is 0 Å². The van der Waals surface area contributed by atoms with Crippen LogP contribution >= 0.6 is 11.6 Å². The maximum Gasteiger partial charge on any atom is 0.177 e. The van der Waals surface area contributed by atoms with Crippen LogP contribution < -0.4 is 5.32 Å². The highest BCUT2D eigenvalue weighted by molar-refractivity contribution is 7.90. The minimum atomic E-state index is -3.27. The molecule has 0 saturated carbocycles. The molecule has 2 aromatic carbocycles. The molecule has 2 aromatic rings. The summed E-state index contributed by atoms with van der Waals surface area (Å²) in [4.78, 5) is 0.277. The second-order valence-electron chi connectivity index (χ2n) is 4.18. The molecule has 0 aliphatic heterocycles. The van der Waals surface area contributed by atoms with Crippen molar-refractivity contribution in [2.24, 2.45) is 0 Å². The van der Waals surface area contributed by atoms with E-state index < -0.39 is 9.84 Å². The van der Waals surface area contributed by atoms with E-state index in [1.54, 1.807) is 24.3 Å². The van der Waals surface area contributed by atoms with Crippen molar-refractivity contribution < 1.29 is 8.42 Å². The standard InChI is InChI=1S/C14H14ClNO2S/c1-19(17,18)14-9-5-4-8-13(14)16-12-7-3-2-6-11(12)10-15/h2-9,16H,10H2,1H3. The number of rotatable bonds is 4. The van der Waals surface area contributed by atoms with Gasteiger partial charge in [-0.15, -0.1) is 11.6 Å². The van der Waals surface area contributed by atoms with E-state index in [9.17, 15) is 8.42 Å². The van der Waals surface area contributed by atoms with Gasteiger partial charge in [0.1, 0.15) is 0 Å². The van der Waals surface area contributed by atoms with Crippen LogP contribution in [0, 0.1) is 0 Å². The number of anilines is 2. The Labute approximate surface area is 118 Å². The number of para-hydroxylation sites is 2. The lowest BCUT2D eigenvalue weighted by Crippen LogP contribution is -2.03. The zero-order chi connectivity index (χ0) is 13.9. The molecule has 0 saturated heterocycles. The number of nitrogens with one attached hydrogen (secondary N) is 1. The first kappa shape index (κ1) is 13.9. The molecule has 19 heavy (non-hydrogen) atoms. The Hall–Kier alpha value is -1.52. The van der Waals surface area contributed by atoms with E-state index in [0.29, 0.717) is 11.6 Å². The predicted octanol–water partition coefficient (Wildman–Crippen LogP) is 3.57. The lowest BCUT2D eigenvalue weighted by Gasteiger charge is -2.13. The smallest absolute Gasteiger partial charge is 0.177 e. The van der Waals surface area contributed by atoms with Crippen molar-refractivity contribution in [3.8, 4) is 0 Å². The third kappa shape index (κ3) is 3.28. The predicted molar refractivity (Wildman–Crippen MR) is 78.8 cm³/mol. The molecule has 3 nitrogen and oxygen atoms in total. The molecule has 0 fully saturated rings. The Morgan fingerprint density at radius 2 is 1.58 bits per heavy atom. The molecule has 0 radical (unpaired) electrons. The summed E-state index contributed by atoms with van der Waals surface area (Å²) in [5, 5.41) is 3.13. The van der Waals surface area contributed by atoms with E-state index in [-0.39, 0.29) is 4.90 Å². The van der Waals surface area contributed by atoms with Gasteiger partial charge in [-0.1, -0.05) is 30.3 Å². The molecule has 0 aliphatic carbocycles. The first-order valence-electron chi connectivity index (χ1n) is 5.72. The molecule has 2 rings (SSSR count). The maximum atomic E-state index is 11.7. The second-order valence-corrected chi connectivity index (χ2v) is 6.44. The molecule has 0 aromatic heterocycles. The minimum Gasteiger partial charge on any atom is -0.354 e. The summed E-state index contributed by atoms with van der Waals surface area (Å²) in [5.74, 6) is 0.365. The van der Waals surface area contributed by atoms with E-state index in [1.165, 1.54) is 6.26 Å². The minimum absolute atomic E-state index is 0.277. The van der Waals surface area contributed by atoms with Crippen molar-refractivity contribution >= 4 is 32.8 Å². The van der Waals surface area contributed by atoms with Crippen molar-refractivity contribution in [3.63, 3.8) is 0 Å². The summed E-state index contributed by atoms with van der Waals surface area (Å²) in [7, 11) is -3.27. The average molecular weight is 296 g/mol. The van der Waals surface area contributed by atoms with E-state index in [1.807, 2.05) is 24.3 Å². The molecule has 100 valence electrons. The number of benzene rings is 2. The maximum absolute atomic E-state index is 11.7. The molecule has 5 heteroatoms. The van der Waals surface area contributed by atoms with Gasteiger partial charge in [0.2, 0.25) is 0 Å². The average Bonchev–Trinajstić information content (AvgIpc) is 2.39. The summed E-state index contributed by atoms with van der Waals surface area (Å²) in [6.45, 7) is 0. The molecule has 0 heterocycles. The van der Waals surface area contributed by atoms with Crippen LogP contribution in [0.2, 0.25) is 0 Å². The van der Waals surface area contributed by atoms with Crippen molar-refractivity contribution in [1.82, 2.24) is 0 Å². The highest BCUT2D eigenvalue weighted by Crippen LogP contribution is 2.27. The molecular formula is C14H14ClNO2S. The van der Waals surface area contributed by atoms with Crippen LogP contribution in [0.15, 0.2) is 53.4 Å². The van der Waals surface area contributed by atoms with Gasteiger partial charge >= 0.3 is 0 Å². The lowest BCUT2D eigenvalue weighted by molar-refractivity contribution is 0.602. The molecule has 1 N–H and O–H groups in total. The van der Waals surface area contributed by atoms with Crippen LogP contribution in [-0.2, 0) is 15.7 Å². The van der Waals surface area contributed by atoms with Crippen LogP contribution in [0.3, 0.4) is 0 Å². The van der Waals surface area contributed by atoms with Gasteiger partial charge in [0, 0.05) is 17.8 Å². The number of alkyl halides is 1. The van der Waals surface area contributed by atoms with Crippen LogP contribution in [-0.4, -0.2) is 14.7 Å². The highest BCUT2D eigenvalue weighted by atomic mass is 35.5. The number of hydrogen-bond acceptors (Lipinski definition) is 3. The highest BCUT2D eigenvalue weighted by Gasteiger charge is 2.13. The van der Waals surface area contributed by atoms with Crippen molar-refractivity contribution in [2.45, 2.75) is 10.8 Å². The van der Waals surface area contributed by atoms with Gasteiger partial charge in [-0.3, -0.25) is 0 Å². The summed E-state index contributed by atoms with van der Waals surface area (Å²) in [5.41, 5.74) is 2.30. The van der Waals surface area contributed by atoms with Gasteiger partial charge in [-0.2, -0.15) is 0 Å². The van der Waals surface area contributed by atoms with Crippen molar-refractivity contribution in [1.29, 1.82) is 0 Å². The molecule has 0 bridgehead atoms. The van der Waals surface area contributed by atoms with E-state index in [0.717, 1.165) is 11.3 Å². The Kier molecular flexibility index (Phi) is 4.12. The zero-order valence-corrected chi connectivity index (χ0v) is 12.0. The van der Waals surface area contributed by atoms with Crippen LogP contribution in [0.1, 0.15) is 5.56 Å². The Bertz CT molecular complexity index is 683. The van der Waals surface area contributed by atoms with Gasteiger partial charge in [-0.05, 0) is 23.8 Å². The van der Waals surface area contributed by atoms with Crippen molar-refractivity contribution in [3.05, 3.63) is 54.1 Å². The largest absolute Gasteiger partial charge is 0.354 e. The van der Waals surface area contributed by atoms with E-state index in [4.69, 9.17) is 11.6 Å². The Morgan fingerprint density at radius 1 is 1.00 bits per heavy atom. The normalized spacial score (nSPS) is 11.3. The Morgan fingerprint density at radius 3 is 2.21 bits per heavy atom. The fourth-order valence-electron chi connectivity index (χ4n) is 1.80.